The average molecular weight is 342 g/mol. The van der Waals surface area contributed by atoms with E-state index >= 15 is 0 Å². The van der Waals surface area contributed by atoms with Gasteiger partial charge in [-0.3, -0.25) is 0 Å². The van der Waals surface area contributed by atoms with Crippen molar-refractivity contribution in [3.05, 3.63) is 21.1 Å². The van der Waals surface area contributed by atoms with Crippen LogP contribution in [-0.2, 0) is 9.59 Å². The molecule has 1 heterocycles. The number of aliphatic carboxylic acids is 2. The summed E-state index contributed by atoms with van der Waals surface area (Å²) in [4.78, 5) is 35.7. The van der Waals surface area contributed by atoms with Crippen LogP contribution in [0.2, 0.25) is 0 Å². The van der Waals surface area contributed by atoms with E-state index in [1.54, 1.807) is 0 Å². The topological polar surface area (TPSA) is 116 Å². The summed E-state index contributed by atoms with van der Waals surface area (Å²) in [7, 11) is -2.06. The fourth-order valence-electron chi connectivity index (χ4n) is 2.95. The van der Waals surface area contributed by atoms with Gasteiger partial charge in [0.25, 0.3) is 0 Å². The molecule has 0 aromatic rings. The number of carboxylic acids is 2. The molecule has 0 radical (unpaired) electrons. The van der Waals surface area contributed by atoms with E-state index in [9.17, 15) is 24.6 Å². The van der Waals surface area contributed by atoms with Crippen molar-refractivity contribution >= 4 is 28.0 Å². The van der Waals surface area contributed by atoms with Gasteiger partial charge in [0.2, 0.25) is 0 Å². The minimum absolute atomic E-state index is 0.0768. The standard InChI is InChI=1S/C15H22N2O5S/c1-4-23(5-2)11(14(20)21)8(3)10(13(18)19)12(23)17-15(22)16-9-6-7-9/h9H,4-7H2,1-3H3,(H,18,19)(H,20,21)(H2,16,17,22). The van der Waals surface area contributed by atoms with E-state index in [4.69, 9.17) is 0 Å². The van der Waals surface area contributed by atoms with Gasteiger partial charge in [-0.15, -0.1) is 0 Å². The minimum atomic E-state index is -2.06. The first-order valence-corrected chi connectivity index (χ1v) is 9.54. The van der Waals surface area contributed by atoms with Gasteiger partial charge in [-0.25, -0.2) is 14.4 Å². The smallest absolute Gasteiger partial charge is 0.341 e. The Morgan fingerprint density at radius 1 is 1.13 bits per heavy atom. The summed E-state index contributed by atoms with van der Waals surface area (Å²) in [5.74, 6) is -1.38. The van der Waals surface area contributed by atoms with Crippen molar-refractivity contribution in [1.29, 1.82) is 0 Å². The summed E-state index contributed by atoms with van der Waals surface area (Å²) in [5.41, 5.74) is 0.164. The van der Waals surface area contributed by atoms with Gasteiger partial charge in [0.1, 0.15) is 0 Å². The van der Waals surface area contributed by atoms with Crippen LogP contribution in [-0.4, -0.2) is 45.7 Å². The number of carbonyl (C=O) groups is 3. The first kappa shape index (κ1) is 17.4. The van der Waals surface area contributed by atoms with Gasteiger partial charge in [-0.2, -0.15) is 10.0 Å². The molecule has 0 aromatic carbocycles. The van der Waals surface area contributed by atoms with Gasteiger partial charge < -0.3 is 20.8 Å². The number of rotatable bonds is 6. The Labute approximate surface area is 136 Å². The van der Waals surface area contributed by atoms with Gasteiger partial charge in [0.15, 0.2) is 0 Å². The highest BCUT2D eigenvalue weighted by Crippen LogP contribution is 2.67. The molecule has 0 aromatic heterocycles. The second-order valence-corrected chi connectivity index (χ2v) is 9.34. The largest absolute Gasteiger partial charge is 0.478 e. The molecule has 2 amide bonds. The maximum atomic E-state index is 12.1. The molecule has 0 bridgehead atoms. The molecule has 128 valence electrons. The van der Waals surface area contributed by atoms with Crippen molar-refractivity contribution in [3.8, 4) is 0 Å². The Hall–Kier alpha value is -1.96. The van der Waals surface area contributed by atoms with E-state index in [1.807, 2.05) is 13.8 Å². The molecule has 0 atom stereocenters. The van der Waals surface area contributed by atoms with Gasteiger partial charge in [-0.05, 0) is 36.8 Å². The summed E-state index contributed by atoms with van der Waals surface area (Å²) in [6.45, 7) is 5.17. The van der Waals surface area contributed by atoms with Crippen molar-refractivity contribution in [3.63, 3.8) is 0 Å². The predicted molar refractivity (Wildman–Crippen MR) is 88.4 cm³/mol. The maximum absolute atomic E-state index is 12.1. The first-order chi connectivity index (χ1) is 10.8. The fraction of sp³-hybridized carbons (Fsp3) is 0.533. The minimum Gasteiger partial charge on any atom is -0.478 e. The Balaban J connectivity index is 2.50. The Morgan fingerprint density at radius 3 is 2.09 bits per heavy atom. The molecular formula is C15H22N2O5S. The number of urea groups is 1. The van der Waals surface area contributed by atoms with Crippen molar-refractivity contribution in [2.45, 2.75) is 39.7 Å². The van der Waals surface area contributed by atoms with Crippen molar-refractivity contribution < 1.29 is 24.6 Å². The van der Waals surface area contributed by atoms with Crippen LogP contribution < -0.4 is 10.6 Å². The highest BCUT2D eigenvalue weighted by molar-refractivity contribution is 8.40. The molecule has 0 unspecified atom stereocenters. The summed E-state index contributed by atoms with van der Waals surface area (Å²) >= 11 is 0. The van der Waals surface area contributed by atoms with Crippen LogP contribution in [0.4, 0.5) is 4.79 Å². The molecule has 1 aliphatic carbocycles. The molecule has 1 fully saturated rings. The molecule has 1 saturated carbocycles. The van der Waals surface area contributed by atoms with E-state index in [2.05, 4.69) is 10.6 Å². The number of hydrogen-bond acceptors (Lipinski definition) is 3. The first-order valence-electron chi connectivity index (χ1n) is 7.56. The van der Waals surface area contributed by atoms with Gasteiger partial charge in [0, 0.05) is 6.04 Å². The third-order valence-corrected chi connectivity index (χ3v) is 8.58. The lowest BCUT2D eigenvalue weighted by Crippen LogP contribution is -2.38. The summed E-state index contributed by atoms with van der Waals surface area (Å²) in [6.07, 6.45) is 1.82. The molecule has 2 rings (SSSR count). The Morgan fingerprint density at radius 2 is 1.70 bits per heavy atom. The van der Waals surface area contributed by atoms with Crippen molar-refractivity contribution in [1.82, 2.24) is 10.6 Å². The van der Waals surface area contributed by atoms with E-state index in [0.29, 0.717) is 11.5 Å². The van der Waals surface area contributed by atoms with E-state index in [-0.39, 0.29) is 27.1 Å². The highest BCUT2D eigenvalue weighted by atomic mass is 32.3. The SMILES string of the molecule is CCS1(CC)C(NC(=O)NC2CC2)=C(C(=O)O)C(C)=C1C(=O)O. The second kappa shape index (κ2) is 6.27. The van der Waals surface area contributed by atoms with E-state index in [1.165, 1.54) is 6.92 Å². The van der Waals surface area contributed by atoms with E-state index in [0.717, 1.165) is 12.8 Å². The molecule has 1 aliphatic heterocycles. The Bertz CT molecular complexity index is 630. The summed E-state index contributed by atoms with van der Waals surface area (Å²) in [5, 5.41) is 24.8. The van der Waals surface area contributed by atoms with Crippen molar-refractivity contribution in [2.24, 2.45) is 0 Å². The van der Waals surface area contributed by atoms with Crippen LogP contribution in [0.15, 0.2) is 21.1 Å². The average Bonchev–Trinajstić information content (AvgIpc) is 3.22. The van der Waals surface area contributed by atoms with Gasteiger partial charge in [0.05, 0.1) is 15.5 Å². The lowest BCUT2D eigenvalue weighted by atomic mass is 10.1. The summed E-state index contributed by atoms with van der Waals surface area (Å²) in [6, 6.07) is -0.328. The zero-order valence-electron chi connectivity index (χ0n) is 13.4. The van der Waals surface area contributed by atoms with E-state index < -0.39 is 28.0 Å². The number of amides is 2. The monoisotopic (exact) mass is 342 g/mol. The van der Waals surface area contributed by atoms with Gasteiger partial charge >= 0.3 is 18.0 Å². The van der Waals surface area contributed by atoms with Crippen LogP contribution in [0.25, 0.3) is 0 Å². The molecule has 2 aliphatic rings. The second-order valence-electron chi connectivity index (χ2n) is 5.60. The Kier molecular flexibility index (Phi) is 4.74. The lowest BCUT2D eigenvalue weighted by molar-refractivity contribution is -0.132. The van der Waals surface area contributed by atoms with Crippen LogP contribution in [0.3, 0.4) is 0 Å². The van der Waals surface area contributed by atoms with Gasteiger partial charge in [-0.1, -0.05) is 13.8 Å². The predicted octanol–water partition coefficient (Wildman–Crippen LogP) is 1.96. The lowest BCUT2D eigenvalue weighted by Gasteiger charge is -2.38. The van der Waals surface area contributed by atoms with Crippen LogP contribution in [0.1, 0.15) is 33.6 Å². The fourth-order valence-corrected chi connectivity index (χ4v) is 6.66. The maximum Gasteiger partial charge on any atom is 0.341 e. The molecule has 0 saturated heterocycles. The highest BCUT2D eigenvalue weighted by Gasteiger charge is 2.45. The number of hydrogen-bond donors (Lipinski definition) is 4. The third kappa shape index (κ3) is 2.95. The number of carbonyl (C=O) groups excluding carboxylic acids is 1. The molecule has 8 heteroatoms. The molecular weight excluding hydrogens is 320 g/mol. The normalized spacial score (nSPS) is 21.2. The van der Waals surface area contributed by atoms with Crippen molar-refractivity contribution in [2.75, 3.05) is 11.5 Å². The number of nitrogens with one attached hydrogen (secondary N) is 2. The molecule has 23 heavy (non-hydrogen) atoms. The zero-order valence-corrected chi connectivity index (χ0v) is 14.2. The molecule has 4 N–H and O–H groups in total. The molecule has 7 nitrogen and oxygen atoms in total. The summed E-state index contributed by atoms with van der Waals surface area (Å²) < 4.78 is 0. The van der Waals surface area contributed by atoms with Crippen LogP contribution in [0.5, 0.6) is 0 Å². The quantitative estimate of drug-likeness (QED) is 0.589. The third-order valence-electron chi connectivity index (χ3n) is 4.26. The van der Waals surface area contributed by atoms with Crippen LogP contribution >= 0.6 is 10.0 Å². The number of carboxylic acid groups (broad SMARTS) is 2. The molecule has 0 spiro atoms. The van der Waals surface area contributed by atoms with Crippen LogP contribution in [0, 0.1) is 0 Å². The zero-order chi connectivity index (χ0) is 17.4.